The first-order chi connectivity index (χ1) is 13.2. The predicted molar refractivity (Wildman–Crippen MR) is 119 cm³/mol. The van der Waals surface area contributed by atoms with Crippen LogP contribution < -0.4 is 9.47 Å². The Morgan fingerprint density at radius 3 is 2.07 bits per heavy atom. The van der Waals surface area contributed by atoms with Crippen molar-refractivity contribution in [1.29, 1.82) is 0 Å². The monoisotopic (exact) mass is 534 g/mol. The summed E-state index contributed by atoms with van der Waals surface area (Å²) in [7, 11) is 1.37. The molecule has 8 heteroatoms. The van der Waals surface area contributed by atoms with Crippen LogP contribution >= 0.6 is 39.5 Å². The molecule has 0 heterocycles. The van der Waals surface area contributed by atoms with Gasteiger partial charge in [0.1, 0.15) is 0 Å². The van der Waals surface area contributed by atoms with Crippen molar-refractivity contribution in [1.82, 2.24) is 0 Å². The minimum atomic E-state index is -3.05. The van der Waals surface area contributed by atoms with E-state index in [9.17, 15) is 4.57 Å². The zero-order chi connectivity index (χ0) is 20.9. The number of rotatable bonds is 9. The van der Waals surface area contributed by atoms with E-state index in [1.807, 2.05) is 30.3 Å². The van der Waals surface area contributed by atoms with E-state index in [1.54, 1.807) is 7.11 Å². The fraction of sp³-hybridized carbons (Fsp3) is 0.400. The van der Waals surface area contributed by atoms with Crippen molar-refractivity contribution < 1.29 is 23.1 Å². The van der Waals surface area contributed by atoms with Gasteiger partial charge in [0.05, 0.1) is 22.2 Å². The van der Waals surface area contributed by atoms with E-state index >= 15 is 0 Å². The Labute approximate surface area is 183 Å². The number of benzene rings is 2. The summed E-state index contributed by atoms with van der Waals surface area (Å²) in [4.78, 5) is 0. The second-order valence-corrected chi connectivity index (χ2v) is 10.6. The molecule has 2 aromatic rings. The number of methoxy groups -OCH3 is 1. The van der Waals surface area contributed by atoms with Crippen LogP contribution in [0.15, 0.2) is 39.3 Å². The van der Waals surface area contributed by atoms with Crippen LogP contribution in [-0.4, -0.2) is 27.5 Å². The minimum Gasteiger partial charge on any atom is -0.493 e. The molecule has 0 fully saturated rings. The molecule has 0 saturated carbocycles. The van der Waals surface area contributed by atoms with Crippen molar-refractivity contribution in [3.05, 3.63) is 50.4 Å². The lowest BCUT2D eigenvalue weighted by Crippen LogP contribution is -2.00. The SMILES string of the molecule is COc1cc(C(C)C)ccc1Oc1c(Br)cc(CCP(=O)(OC)OC)cc1Br. The molecule has 0 saturated heterocycles. The van der Waals surface area contributed by atoms with Crippen molar-refractivity contribution in [2.75, 3.05) is 27.5 Å². The molecule has 2 rings (SSSR count). The topological polar surface area (TPSA) is 54.0 Å². The molecule has 28 heavy (non-hydrogen) atoms. The molecular weight excluding hydrogens is 511 g/mol. The van der Waals surface area contributed by atoms with E-state index in [2.05, 4.69) is 45.7 Å². The van der Waals surface area contributed by atoms with Gasteiger partial charge in [-0.3, -0.25) is 4.57 Å². The first-order valence-corrected chi connectivity index (χ1v) is 12.1. The van der Waals surface area contributed by atoms with Crippen molar-refractivity contribution in [2.45, 2.75) is 26.2 Å². The molecule has 0 aliphatic carbocycles. The summed E-state index contributed by atoms with van der Waals surface area (Å²) >= 11 is 7.13. The van der Waals surface area contributed by atoms with Crippen LogP contribution in [0.4, 0.5) is 0 Å². The van der Waals surface area contributed by atoms with E-state index in [1.165, 1.54) is 19.8 Å². The Hall–Kier alpha value is -0.850. The van der Waals surface area contributed by atoms with Gasteiger partial charge in [-0.1, -0.05) is 19.9 Å². The second kappa shape index (κ2) is 10.3. The highest BCUT2D eigenvalue weighted by Gasteiger charge is 2.21. The van der Waals surface area contributed by atoms with Crippen LogP contribution in [0.2, 0.25) is 0 Å². The summed E-state index contributed by atoms with van der Waals surface area (Å²) in [6.45, 7) is 4.26. The summed E-state index contributed by atoms with van der Waals surface area (Å²) < 4.78 is 35.4. The lowest BCUT2D eigenvalue weighted by molar-refractivity contribution is 0.276. The average molecular weight is 536 g/mol. The van der Waals surface area contributed by atoms with Crippen LogP contribution in [0.1, 0.15) is 30.9 Å². The van der Waals surface area contributed by atoms with Gasteiger partial charge in [-0.2, -0.15) is 0 Å². The van der Waals surface area contributed by atoms with Crippen LogP contribution in [0.3, 0.4) is 0 Å². The molecular formula is C20H25Br2O5P. The van der Waals surface area contributed by atoms with Gasteiger partial charge in [0.25, 0.3) is 0 Å². The Morgan fingerprint density at radius 1 is 0.964 bits per heavy atom. The van der Waals surface area contributed by atoms with Gasteiger partial charge in [0.2, 0.25) is 0 Å². The number of ether oxygens (including phenoxy) is 2. The maximum absolute atomic E-state index is 12.2. The fourth-order valence-corrected chi connectivity index (χ4v) is 5.10. The third kappa shape index (κ3) is 5.83. The van der Waals surface area contributed by atoms with Crippen LogP contribution in [0, 0.1) is 0 Å². The van der Waals surface area contributed by atoms with Crippen LogP contribution in [0.25, 0.3) is 0 Å². The van der Waals surface area contributed by atoms with E-state index in [0.717, 1.165) is 14.5 Å². The van der Waals surface area contributed by atoms with Crippen molar-refractivity contribution in [3.63, 3.8) is 0 Å². The average Bonchev–Trinajstić information content (AvgIpc) is 2.68. The summed E-state index contributed by atoms with van der Waals surface area (Å²) in [5.41, 5.74) is 2.15. The highest BCUT2D eigenvalue weighted by molar-refractivity contribution is 9.11. The highest BCUT2D eigenvalue weighted by Crippen LogP contribution is 2.47. The molecule has 0 radical (unpaired) electrons. The number of hydrogen-bond donors (Lipinski definition) is 0. The van der Waals surface area contributed by atoms with Gasteiger partial charge in [0.15, 0.2) is 17.2 Å². The zero-order valence-corrected chi connectivity index (χ0v) is 20.7. The number of aryl methyl sites for hydroxylation is 1. The quantitative estimate of drug-likeness (QED) is 0.319. The number of hydrogen-bond acceptors (Lipinski definition) is 5. The molecule has 2 aromatic carbocycles. The van der Waals surface area contributed by atoms with Gasteiger partial charge in [-0.25, -0.2) is 0 Å². The Kier molecular flexibility index (Phi) is 8.59. The van der Waals surface area contributed by atoms with Gasteiger partial charge in [-0.15, -0.1) is 0 Å². The third-order valence-corrected chi connectivity index (χ3v) is 7.42. The molecule has 154 valence electrons. The molecule has 0 atom stereocenters. The molecule has 5 nitrogen and oxygen atoms in total. The first kappa shape index (κ1) is 23.4. The molecule has 0 aliphatic heterocycles. The molecule has 0 N–H and O–H groups in total. The maximum atomic E-state index is 12.2. The molecule has 0 amide bonds. The van der Waals surface area contributed by atoms with Gasteiger partial charge >= 0.3 is 7.60 Å². The van der Waals surface area contributed by atoms with Crippen molar-refractivity contribution >= 4 is 39.5 Å². The molecule has 0 spiro atoms. The standard InChI is InChI=1S/C20H25Br2O5P/c1-13(2)15-6-7-18(19(12-15)24-3)27-20-16(21)10-14(11-17(20)22)8-9-28(23,25-4)26-5/h6-7,10-13H,8-9H2,1-5H3. The van der Waals surface area contributed by atoms with E-state index < -0.39 is 7.60 Å². The van der Waals surface area contributed by atoms with Gasteiger partial charge in [-0.05, 0) is 79.6 Å². The lowest BCUT2D eigenvalue weighted by atomic mass is 10.0. The molecule has 0 aliphatic rings. The van der Waals surface area contributed by atoms with Crippen LogP contribution in [-0.2, 0) is 20.0 Å². The fourth-order valence-electron chi connectivity index (χ4n) is 2.61. The predicted octanol–water partition coefficient (Wildman–Crippen LogP) is 7.16. The summed E-state index contributed by atoms with van der Waals surface area (Å²) in [6.07, 6.45) is 0.840. The van der Waals surface area contributed by atoms with E-state index in [0.29, 0.717) is 35.7 Å². The molecule has 0 unspecified atom stereocenters. The second-order valence-electron chi connectivity index (χ2n) is 6.51. The molecule has 0 bridgehead atoms. The summed E-state index contributed by atoms with van der Waals surface area (Å²) in [6, 6.07) is 9.80. The maximum Gasteiger partial charge on any atom is 0.330 e. The zero-order valence-electron chi connectivity index (χ0n) is 16.6. The van der Waals surface area contributed by atoms with Crippen LogP contribution in [0.5, 0.6) is 17.2 Å². The van der Waals surface area contributed by atoms with Crippen molar-refractivity contribution in [2.24, 2.45) is 0 Å². The van der Waals surface area contributed by atoms with Gasteiger partial charge < -0.3 is 18.5 Å². The van der Waals surface area contributed by atoms with Gasteiger partial charge in [0, 0.05) is 14.2 Å². The normalized spacial score (nSPS) is 11.7. The van der Waals surface area contributed by atoms with E-state index in [4.69, 9.17) is 18.5 Å². The Morgan fingerprint density at radius 2 is 1.57 bits per heavy atom. The van der Waals surface area contributed by atoms with Crippen molar-refractivity contribution in [3.8, 4) is 17.2 Å². The Bertz CT molecular complexity index is 839. The smallest absolute Gasteiger partial charge is 0.330 e. The number of halogens is 2. The highest BCUT2D eigenvalue weighted by atomic mass is 79.9. The lowest BCUT2D eigenvalue weighted by Gasteiger charge is -2.17. The minimum absolute atomic E-state index is 0.295. The third-order valence-electron chi connectivity index (χ3n) is 4.36. The Balaban J connectivity index is 2.25. The first-order valence-electron chi connectivity index (χ1n) is 8.77. The van der Waals surface area contributed by atoms with E-state index in [-0.39, 0.29) is 0 Å². The summed E-state index contributed by atoms with van der Waals surface area (Å²) in [5.74, 6) is 2.34. The summed E-state index contributed by atoms with van der Waals surface area (Å²) in [5, 5.41) is 0. The molecule has 0 aromatic heterocycles. The largest absolute Gasteiger partial charge is 0.493 e.